The van der Waals surface area contributed by atoms with Crippen molar-refractivity contribution in [3.8, 4) is 11.8 Å². The molecule has 0 bridgehead atoms. The molecule has 1 unspecified atom stereocenters. The maximum atomic E-state index is 8.72. The van der Waals surface area contributed by atoms with Crippen LogP contribution in [0.2, 0.25) is 0 Å². The van der Waals surface area contributed by atoms with E-state index in [1.807, 2.05) is 37.3 Å². The maximum absolute atomic E-state index is 8.72. The number of ether oxygens (including phenoxy) is 1. The largest absolute Gasteiger partial charge is 0.494 e. The van der Waals surface area contributed by atoms with Crippen LogP contribution in [0.25, 0.3) is 10.9 Å². The summed E-state index contributed by atoms with van der Waals surface area (Å²) in [6.45, 7) is 3.21. The zero-order valence-corrected chi connectivity index (χ0v) is 11.2. The zero-order chi connectivity index (χ0) is 13.7. The minimum absolute atomic E-state index is 0.00925. The van der Waals surface area contributed by atoms with E-state index in [-0.39, 0.29) is 5.92 Å². The molecule has 0 saturated carbocycles. The molecule has 1 aromatic carbocycles. The van der Waals surface area contributed by atoms with Crippen LogP contribution in [-0.4, -0.2) is 18.6 Å². The molecular formula is C15H17N3O. The SMILES string of the molecule is COc1cccc2ccc(CNCC(C)C#N)nc12. The van der Waals surface area contributed by atoms with E-state index in [1.165, 1.54) is 0 Å². The van der Waals surface area contributed by atoms with E-state index in [0.717, 1.165) is 22.3 Å². The van der Waals surface area contributed by atoms with Crippen molar-refractivity contribution in [2.75, 3.05) is 13.7 Å². The highest BCUT2D eigenvalue weighted by Gasteiger charge is 2.04. The summed E-state index contributed by atoms with van der Waals surface area (Å²) in [5.41, 5.74) is 1.82. The second kappa shape index (κ2) is 6.17. The van der Waals surface area contributed by atoms with Crippen molar-refractivity contribution in [1.82, 2.24) is 10.3 Å². The summed E-state index contributed by atoms with van der Waals surface area (Å²) in [6.07, 6.45) is 0. The topological polar surface area (TPSA) is 57.9 Å². The summed E-state index contributed by atoms with van der Waals surface area (Å²) in [5.74, 6) is 0.791. The van der Waals surface area contributed by atoms with Crippen LogP contribution in [0.1, 0.15) is 12.6 Å². The Hall–Kier alpha value is -2.12. The maximum Gasteiger partial charge on any atom is 0.145 e. The molecule has 4 heteroatoms. The average molecular weight is 255 g/mol. The normalized spacial score (nSPS) is 12.1. The summed E-state index contributed by atoms with van der Waals surface area (Å²) in [4.78, 5) is 4.60. The van der Waals surface area contributed by atoms with Gasteiger partial charge in [0.25, 0.3) is 0 Å². The highest BCUT2D eigenvalue weighted by Crippen LogP contribution is 2.23. The number of fused-ring (bicyclic) bond motifs is 1. The van der Waals surface area contributed by atoms with Crippen LogP contribution in [-0.2, 0) is 6.54 Å². The molecule has 2 rings (SSSR count). The second-order valence-corrected chi connectivity index (χ2v) is 4.50. The first-order valence-corrected chi connectivity index (χ1v) is 6.27. The zero-order valence-electron chi connectivity index (χ0n) is 11.2. The Kier molecular flexibility index (Phi) is 4.32. The van der Waals surface area contributed by atoms with Crippen molar-refractivity contribution in [3.63, 3.8) is 0 Å². The Morgan fingerprint density at radius 3 is 2.95 bits per heavy atom. The number of pyridine rings is 1. The summed E-state index contributed by atoms with van der Waals surface area (Å²) in [7, 11) is 1.65. The number of nitrogens with one attached hydrogen (secondary N) is 1. The summed E-state index contributed by atoms with van der Waals surface area (Å²) < 4.78 is 5.32. The van der Waals surface area contributed by atoms with E-state index < -0.39 is 0 Å². The van der Waals surface area contributed by atoms with E-state index in [2.05, 4.69) is 16.4 Å². The lowest BCUT2D eigenvalue weighted by Gasteiger charge is -2.08. The van der Waals surface area contributed by atoms with E-state index in [4.69, 9.17) is 10.00 Å². The van der Waals surface area contributed by atoms with E-state index in [9.17, 15) is 0 Å². The highest BCUT2D eigenvalue weighted by atomic mass is 16.5. The average Bonchev–Trinajstić information content (AvgIpc) is 2.46. The first-order chi connectivity index (χ1) is 9.24. The molecular weight excluding hydrogens is 238 g/mol. The third-order valence-corrected chi connectivity index (χ3v) is 2.94. The number of hydrogen-bond donors (Lipinski definition) is 1. The van der Waals surface area contributed by atoms with Crippen molar-refractivity contribution in [1.29, 1.82) is 5.26 Å². The Bertz CT molecular complexity index is 604. The van der Waals surface area contributed by atoms with Crippen LogP contribution in [0, 0.1) is 17.2 Å². The molecule has 1 N–H and O–H groups in total. The Balaban J connectivity index is 2.15. The molecule has 1 aromatic heterocycles. The quantitative estimate of drug-likeness (QED) is 0.891. The van der Waals surface area contributed by atoms with Crippen LogP contribution in [0.4, 0.5) is 0 Å². The van der Waals surface area contributed by atoms with E-state index >= 15 is 0 Å². The molecule has 0 amide bonds. The van der Waals surface area contributed by atoms with Gasteiger partial charge in [0, 0.05) is 18.5 Å². The Morgan fingerprint density at radius 1 is 1.37 bits per heavy atom. The number of para-hydroxylation sites is 1. The third kappa shape index (κ3) is 3.21. The van der Waals surface area contributed by atoms with Gasteiger partial charge in [-0.3, -0.25) is 0 Å². The monoisotopic (exact) mass is 255 g/mol. The Morgan fingerprint density at radius 2 is 2.21 bits per heavy atom. The number of nitriles is 1. The lowest BCUT2D eigenvalue weighted by Crippen LogP contribution is -2.20. The van der Waals surface area contributed by atoms with Gasteiger partial charge in [-0.2, -0.15) is 5.26 Å². The first kappa shape index (κ1) is 13.3. The van der Waals surface area contributed by atoms with Crippen molar-refractivity contribution in [2.45, 2.75) is 13.5 Å². The molecule has 0 spiro atoms. The number of benzene rings is 1. The number of nitrogens with zero attached hydrogens (tertiary/aromatic N) is 2. The van der Waals surface area contributed by atoms with Crippen LogP contribution in [0.3, 0.4) is 0 Å². The van der Waals surface area contributed by atoms with Gasteiger partial charge in [0.15, 0.2) is 0 Å². The lowest BCUT2D eigenvalue weighted by molar-refractivity contribution is 0.418. The summed E-state index contributed by atoms with van der Waals surface area (Å²) in [5, 5.41) is 13.0. The molecule has 0 aliphatic rings. The molecule has 98 valence electrons. The Labute approximate surface area is 113 Å². The summed E-state index contributed by atoms with van der Waals surface area (Å²) in [6, 6.07) is 12.1. The van der Waals surface area contributed by atoms with Gasteiger partial charge in [-0.05, 0) is 19.1 Å². The van der Waals surface area contributed by atoms with E-state index in [1.54, 1.807) is 7.11 Å². The standard InChI is InChI=1S/C15H17N3O/c1-11(8-16)9-17-10-13-7-6-12-4-3-5-14(19-2)15(12)18-13/h3-7,11,17H,9-10H2,1-2H3. The fraction of sp³-hybridized carbons (Fsp3) is 0.333. The highest BCUT2D eigenvalue weighted by molar-refractivity contribution is 5.84. The van der Waals surface area contributed by atoms with Crippen molar-refractivity contribution in [2.24, 2.45) is 5.92 Å². The van der Waals surface area contributed by atoms with Crippen molar-refractivity contribution in [3.05, 3.63) is 36.0 Å². The molecule has 0 radical (unpaired) electrons. The van der Waals surface area contributed by atoms with Crippen LogP contribution < -0.4 is 10.1 Å². The fourth-order valence-corrected chi connectivity index (χ4v) is 1.89. The van der Waals surface area contributed by atoms with Crippen molar-refractivity contribution >= 4 is 10.9 Å². The van der Waals surface area contributed by atoms with Gasteiger partial charge in [0.1, 0.15) is 11.3 Å². The minimum Gasteiger partial charge on any atom is -0.494 e. The molecule has 0 fully saturated rings. The van der Waals surface area contributed by atoms with E-state index in [0.29, 0.717) is 13.1 Å². The van der Waals surface area contributed by atoms with Crippen LogP contribution in [0.15, 0.2) is 30.3 Å². The smallest absolute Gasteiger partial charge is 0.145 e. The molecule has 0 aliphatic heterocycles. The minimum atomic E-state index is 0.00925. The third-order valence-electron chi connectivity index (χ3n) is 2.94. The second-order valence-electron chi connectivity index (χ2n) is 4.50. The predicted molar refractivity (Wildman–Crippen MR) is 74.8 cm³/mol. The number of rotatable bonds is 5. The number of aromatic nitrogens is 1. The molecule has 19 heavy (non-hydrogen) atoms. The van der Waals surface area contributed by atoms with Gasteiger partial charge in [-0.15, -0.1) is 0 Å². The molecule has 0 saturated heterocycles. The first-order valence-electron chi connectivity index (χ1n) is 6.27. The molecule has 1 heterocycles. The molecule has 4 nitrogen and oxygen atoms in total. The lowest BCUT2D eigenvalue weighted by atomic mass is 10.2. The fourth-order valence-electron chi connectivity index (χ4n) is 1.89. The molecule has 0 aliphatic carbocycles. The van der Waals surface area contributed by atoms with Crippen LogP contribution in [0.5, 0.6) is 5.75 Å². The van der Waals surface area contributed by atoms with Crippen molar-refractivity contribution < 1.29 is 4.74 Å². The van der Waals surface area contributed by atoms with Gasteiger partial charge in [-0.1, -0.05) is 18.2 Å². The van der Waals surface area contributed by atoms with Gasteiger partial charge < -0.3 is 10.1 Å². The van der Waals surface area contributed by atoms with Crippen LogP contribution >= 0.6 is 0 Å². The van der Waals surface area contributed by atoms with Gasteiger partial charge in [-0.25, -0.2) is 4.98 Å². The van der Waals surface area contributed by atoms with Gasteiger partial charge in [0.2, 0.25) is 0 Å². The van der Waals surface area contributed by atoms with Gasteiger partial charge in [0.05, 0.1) is 24.8 Å². The number of methoxy groups -OCH3 is 1. The summed E-state index contributed by atoms with van der Waals surface area (Å²) >= 11 is 0. The predicted octanol–water partition coefficient (Wildman–Crippen LogP) is 2.49. The molecule has 2 aromatic rings. The molecule has 1 atom stereocenters. The number of hydrogen-bond acceptors (Lipinski definition) is 4. The van der Waals surface area contributed by atoms with Gasteiger partial charge >= 0.3 is 0 Å².